The summed E-state index contributed by atoms with van der Waals surface area (Å²) in [6.45, 7) is 0.422. The third-order valence-corrected chi connectivity index (χ3v) is 5.68. The predicted octanol–water partition coefficient (Wildman–Crippen LogP) is 4.16. The van der Waals surface area contributed by atoms with Gasteiger partial charge in [0.05, 0.1) is 7.11 Å². The highest BCUT2D eigenvalue weighted by Gasteiger charge is 2.34. The lowest BCUT2D eigenvalue weighted by atomic mass is 9.93. The summed E-state index contributed by atoms with van der Waals surface area (Å²) >= 11 is 6.47. The molecule has 1 saturated heterocycles. The molecule has 31 heavy (non-hydrogen) atoms. The smallest absolute Gasteiger partial charge is 0.326 e. The molecule has 0 radical (unpaired) electrons. The number of ether oxygens (including phenoxy) is 1. The van der Waals surface area contributed by atoms with Crippen molar-refractivity contribution in [1.29, 1.82) is 0 Å². The number of hydrogen-bond donors (Lipinski definition) is 1. The topological polar surface area (TPSA) is 92.6 Å². The second kappa shape index (κ2) is 8.73. The number of carboxylic acids is 1. The van der Waals surface area contributed by atoms with Crippen molar-refractivity contribution in [3.8, 4) is 28.3 Å². The number of aliphatic carboxylic acids is 1. The monoisotopic (exact) mass is 437 g/mol. The molecule has 1 fully saturated rings. The van der Waals surface area contributed by atoms with E-state index in [1.165, 1.54) is 12.0 Å². The lowest BCUT2D eigenvalue weighted by molar-refractivity contribution is -0.141. The molecule has 158 valence electrons. The summed E-state index contributed by atoms with van der Waals surface area (Å²) in [5, 5.41) is 9.98. The number of nitrogens with zero attached hydrogens (tertiary/aromatic N) is 3. The molecule has 8 heteroatoms. The number of halogens is 1. The average molecular weight is 438 g/mol. The summed E-state index contributed by atoms with van der Waals surface area (Å²) < 4.78 is 5.03. The second-order valence-corrected chi connectivity index (χ2v) is 7.60. The van der Waals surface area contributed by atoms with E-state index in [-0.39, 0.29) is 11.9 Å². The van der Waals surface area contributed by atoms with Crippen molar-refractivity contribution in [2.75, 3.05) is 13.7 Å². The van der Waals surface area contributed by atoms with Gasteiger partial charge < -0.3 is 14.7 Å². The highest BCUT2D eigenvalue weighted by Crippen LogP contribution is 2.37. The highest BCUT2D eigenvalue weighted by molar-refractivity contribution is 6.33. The van der Waals surface area contributed by atoms with Gasteiger partial charge in [0.2, 0.25) is 0 Å². The first kappa shape index (κ1) is 20.8. The van der Waals surface area contributed by atoms with Gasteiger partial charge in [0.25, 0.3) is 5.91 Å². The Morgan fingerprint density at radius 2 is 1.84 bits per heavy atom. The zero-order valence-electron chi connectivity index (χ0n) is 16.8. The van der Waals surface area contributed by atoms with E-state index in [9.17, 15) is 14.7 Å². The Morgan fingerprint density at radius 3 is 2.52 bits per heavy atom. The van der Waals surface area contributed by atoms with E-state index >= 15 is 0 Å². The molecule has 0 saturated carbocycles. The lowest BCUT2D eigenvalue weighted by Gasteiger charge is -2.22. The minimum atomic E-state index is -0.982. The molecule has 1 aliphatic heterocycles. The SMILES string of the molecule is COc1ncc(-c2ccc(C(=O)N3CCCC3C(=O)O)cc2-c2ccccc2Cl)cn1. The first-order valence-corrected chi connectivity index (χ1v) is 10.2. The molecule has 0 spiro atoms. The predicted molar refractivity (Wildman–Crippen MR) is 116 cm³/mol. The molecular formula is C23H20ClN3O4. The molecule has 1 aliphatic rings. The fraction of sp³-hybridized carbons (Fsp3) is 0.217. The van der Waals surface area contributed by atoms with Crippen LogP contribution in [0.4, 0.5) is 0 Å². The standard InChI is InChI=1S/C23H20ClN3O4/c1-31-23-25-12-15(13-26-23)16-9-8-14(11-18(16)17-5-2-3-6-19(17)24)21(28)27-10-4-7-20(27)22(29)30/h2-3,5-6,8-9,11-13,20H,4,7,10H2,1H3,(H,29,30). The first-order chi connectivity index (χ1) is 15.0. The molecule has 2 aromatic carbocycles. The molecule has 1 unspecified atom stereocenters. The van der Waals surface area contributed by atoms with E-state index in [0.717, 1.165) is 22.3 Å². The molecule has 2 heterocycles. The van der Waals surface area contributed by atoms with Gasteiger partial charge in [0.15, 0.2) is 0 Å². The van der Waals surface area contributed by atoms with Gasteiger partial charge in [-0.3, -0.25) is 4.79 Å². The maximum absolute atomic E-state index is 13.1. The van der Waals surface area contributed by atoms with Crippen LogP contribution in [0.15, 0.2) is 54.9 Å². The molecule has 3 aromatic rings. The summed E-state index contributed by atoms with van der Waals surface area (Å²) in [6.07, 6.45) is 4.41. The number of aromatic nitrogens is 2. The Kier molecular flexibility index (Phi) is 5.86. The second-order valence-electron chi connectivity index (χ2n) is 7.19. The van der Waals surface area contributed by atoms with Gasteiger partial charge in [-0.15, -0.1) is 0 Å². The van der Waals surface area contributed by atoms with Gasteiger partial charge in [-0.05, 0) is 42.2 Å². The van der Waals surface area contributed by atoms with Crippen molar-refractivity contribution in [3.63, 3.8) is 0 Å². The fourth-order valence-corrected chi connectivity index (χ4v) is 4.06. The normalized spacial score (nSPS) is 15.7. The van der Waals surface area contributed by atoms with Gasteiger partial charge in [-0.25, -0.2) is 14.8 Å². The maximum Gasteiger partial charge on any atom is 0.326 e. The van der Waals surface area contributed by atoms with Crippen LogP contribution < -0.4 is 4.74 Å². The molecule has 0 aliphatic carbocycles. The number of benzene rings is 2. The third kappa shape index (κ3) is 4.09. The Labute approximate surface area is 184 Å². The number of likely N-dealkylation sites (tertiary alicyclic amines) is 1. The summed E-state index contributed by atoms with van der Waals surface area (Å²) in [6, 6.07) is 12.1. The van der Waals surface area contributed by atoms with Crippen LogP contribution in [0.3, 0.4) is 0 Å². The van der Waals surface area contributed by atoms with Crippen LogP contribution >= 0.6 is 11.6 Å². The van der Waals surface area contributed by atoms with Crippen LogP contribution in [0.25, 0.3) is 22.3 Å². The van der Waals surface area contributed by atoms with E-state index in [1.54, 1.807) is 30.6 Å². The quantitative estimate of drug-likeness (QED) is 0.644. The van der Waals surface area contributed by atoms with Gasteiger partial charge in [0, 0.05) is 40.7 Å². The van der Waals surface area contributed by atoms with Crippen LogP contribution in [0.1, 0.15) is 23.2 Å². The van der Waals surface area contributed by atoms with Crippen molar-refractivity contribution in [2.24, 2.45) is 0 Å². The molecule has 1 atom stereocenters. The zero-order chi connectivity index (χ0) is 22.0. The van der Waals surface area contributed by atoms with E-state index in [1.807, 2.05) is 24.3 Å². The molecule has 1 N–H and O–H groups in total. The summed E-state index contributed by atoms with van der Waals surface area (Å²) in [5.74, 6) is -1.29. The Hall–Kier alpha value is -3.45. The van der Waals surface area contributed by atoms with Gasteiger partial charge in [-0.2, -0.15) is 0 Å². The largest absolute Gasteiger partial charge is 0.480 e. The van der Waals surface area contributed by atoms with E-state index in [2.05, 4.69) is 9.97 Å². The number of methoxy groups -OCH3 is 1. The maximum atomic E-state index is 13.1. The van der Waals surface area contributed by atoms with E-state index in [0.29, 0.717) is 30.0 Å². The fourth-order valence-electron chi connectivity index (χ4n) is 3.82. The molecule has 4 rings (SSSR count). The Balaban J connectivity index is 1.81. The molecule has 7 nitrogen and oxygen atoms in total. The summed E-state index contributed by atoms with van der Waals surface area (Å²) in [5.41, 5.74) is 3.42. The van der Waals surface area contributed by atoms with Crippen molar-refractivity contribution >= 4 is 23.5 Å². The Bertz CT molecular complexity index is 1130. The molecule has 1 aromatic heterocycles. The van der Waals surface area contributed by atoms with Crippen molar-refractivity contribution in [3.05, 3.63) is 65.4 Å². The summed E-state index contributed by atoms with van der Waals surface area (Å²) in [4.78, 5) is 34.5. The van der Waals surface area contributed by atoms with E-state index in [4.69, 9.17) is 16.3 Å². The van der Waals surface area contributed by atoms with Crippen molar-refractivity contribution < 1.29 is 19.4 Å². The van der Waals surface area contributed by atoms with Gasteiger partial charge in [-0.1, -0.05) is 35.9 Å². The van der Waals surface area contributed by atoms with Crippen LogP contribution in [-0.4, -0.2) is 51.5 Å². The number of amides is 1. The number of carbonyl (C=O) groups excluding carboxylic acids is 1. The number of hydrogen-bond acceptors (Lipinski definition) is 5. The number of carboxylic acid groups (broad SMARTS) is 1. The third-order valence-electron chi connectivity index (χ3n) is 5.35. The highest BCUT2D eigenvalue weighted by atomic mass is 35.5. The molecular weight excluding hydrogens is 418 g/mol. The lowest BCUT2D eigenvalue weighted by Crippen LogP contribution is -2.40. The van der Waals surface area contributed by atoms with E-state index < -0.39 is 12.0 Å². The van der Waals surface area contributed by atoms with Gasteiger partial charge >= 0.3 is 12.0 Å². The average Bonchev–Trinajstić information content (AvgIpc) is 3.29. The van der Waals surface area contributed by atoms with Crippen LogP contribution in [0.5, 0.6) is 6.01 Å². The first-order valence-electron chi connectivity index (χ1n) is 9.78. The number of rotatable bonds is 5. The zero-order valence-corrected chi connectivity index (χ0v) is 17.5. The van der Waals surface area contributed by atoms with Crippen LogP contribution in [0, 0.1) is 0 Å². The van der Waals surface area contributed by atoms with Crippen molar-refractivity contribution in [1.82, 2.24) is 14.9 Å². The Morgan fingerprint density at radius 1 is 1.10 bits per heavy atom. The summed E-state index contributed by atoms with van der Waals surface area (Å²) in [7, 11) is 1.49. The van der Waals surface area contributed by atoms with Gasteiger partial charge in [0.1, 0.15) is 6.04 Å². The minimum absolute atomic E-state index is 0.253. The van der Waals surface area contributed by atoms with Crippen molar-refractivity contribution in [2.45, 2.75) is 18.9 Å². The van der Waals surface area contributed by atoms with Crippen LogP contribution in [0.2, 0.25) is 5.02 Å². The minimum Gasteiger partial charge on any atom is -0.480 e. The number of carbonyl (C=O) groups is 2. The molecule has 1 amide bonds. The van der Waals surface area contributed by atoms with Crippen LogP contribution in [-0.2, 0) is 4.79 Å². The molecule has 0 bridgehead atoms.